The largest absolute Gasteiger partial charge is 0.497 e. The van der Waals surface area contributed by atoms with Crippen LogP contribution < -0.4 is 14.8 Å². The molecule has 170 valence electrons. The molecule has 1 aliphatic carbocycles. The molecule has 0 unspecified atom stereocenters. The summed E-state index contributed by atoms with van der Waals surface area (Å²) >= 11 is 0. The summed E-state index contributed by atoms with van der Waals surface area (Å²) in [6.07, 6.45) is 3.22. The summed E-state index contributed by atoms with van der Waals surface area (Å²) in [6, 6.07) is 12.1. The van der Waals surface area contributed by atoms with Gasteiger partial charge in [-0.15, -0.1) is 0 Å². The van der Waals surface area contributed by atoms with E-state index in [1.54, 1.807) is 18.1 Å². The molecule has 0 radical (unpaired) electrons. The molecule has 6 nitrogen and oxygen atoms in total. The lowest BCUT2D eigenvalue weighted by Gasteiger charge is -2.33. The lowest BCUT2D eigenvalue weighted by molar-refractivity contribution is -0.123. The minimum absolute atomic E-state index is 0.00197. The Hall–Kier alpha value is -3.09. The number of nitrogens with one attached hydrogen (secondary N) is 1. The van der Waals surface area contributed by atoms with Gasteiger partial charge in [-0.05, 0) is 67.0 Å². The van der Waals surface area contributed by atoms with Gasteiger partial charge in [0.1, 0.15) is 5.75 Å². The van der Waals surface area contributed by atoms with Crippen LogP contribution in [0.5, 0.6) is 11.5 Å². The van der Waals surface area contributed by atoms with E-state index < -0.39 is 5.82 Å². The predicted octanol–water partition coefficient (Wildman–Crippen LogP) is 3.44. The Kier molecular flexibility index (Phi) is 6.35. The lowest BCUT2D eigenvalue weighted by atomic mass is 9.90. The molecule has 32 heavy (non-hydrogen) atoms. The first-order valence-electron chi connectivity index (χ1n) is 11.0. The molecular weight excluding hydrogens is 411 g/mol. The summed E-state index contributed by atoms with van der Waals surface area (Å²) in [5, 5.41) is 3.07. The van der Waals surface area contributed by atoms with Crippen LogP contribution >= 0.6 is 0 Å². The number of rotatable bonds is 7. The normalized spacial score (nSPS) is 18.8. The molecule has 7 heteroatoms. The number of amides is 2. The van der Waals surface area contributed by atoms with Gasteiger partial charge in [0.25, 0.3) is 5.91 Å². The van der Waals surface area contributed by atoms with Crippen LogP contribution in [0.25, 0.3) is 0 Å². The maximum Gasteiger partial charge on any atom is 0.253 e. The number of likely N-dealkylation sites (tertiary alicyclic amines) is 1. The summed E-state index contributed by atoms with van der Waals surface area (Å²) in [7, 11) is 3.03. The molecule has 1 aliphatic heterocycles. The lowest BCUT2D eigenvalue weighted by Crippen LogP contribution is -2.40. The second-order valence-corrected chi connectivity index (χ2v) is 8.65. The maximum absolute atomic E-state index is 14.0. The van der Waals surface area contributed by atoms with Crippen molar-refractivity contribution in [1.29, 1.82) is 0 Å². The molecule has 0 bridgehead atoms. The predicted molar refractivity (Wildman–Crippen MR) is 118 cm³/mol. The first-order valence-corrected chi connectivity index (χ1v) is 11.0. The third-order valence-corrected chi connectivity index (χ3v) is 6.80. The molecule has 2 aromatic rings. The fourth-order valence-corrected chi connectivity index (χ4v) is 4.69. The Balaban J connectivity index is 1.25. The third-order valence-electron chi connectivity index (χ3n) is 6.80. The van der Waals surface area contributed by atoms with Gasteiger partial charge in [0.05, 0.1) is 14.2 Å². The molecular formula is C25H29FN2O4. The van der Waals surface area contributed by atoms with Crippen molar-refractivity contribution in [1.82, 2.24) is 10.2 Å². The van der Waals surface area contributed by atoms with E-state index >= 15 is 0 Å². The maximum atomic E-state index is 14.0. The monoisotopic (exact) mass is 440 g/mol. The highest BCUT2D eigenvalue weighted by atomic mass is 19.1. The number of piperidine rings is 1. The van der Waals surface area contributed by atoms with Crippen molar-refractivity contribution in [2.75, 3.05) is 33.9 Å². The molecule has 1 spiro atoms. The van der Waals surface area contributed by atoms with E-state index in [2.05, 4.69) is 5.32 Å². The number of nitrogens with zero attached hydrogens (tertiary/aromatic N) is 1. The smallest absolute Gasteiger partial charge is 0.253 e. The zero-order valence-corrected chi connectivity index (χ0v) is 18.5. The summed E-state index contributed by atoms with van der Waals surface area (Å²) in [5.41, 5.74) is 1.45. The molecule has 0 aromatic heterocycles. The summed E-state index contributed by atoms with van der Waals surface area (Å²) < 4.78 is 24.1. The molecule has 2 amide bonds. The number of ether oxygens (including phenoxy) is 2. The number of hydrogen-bond acceptors (Lipinski definition) is 4. The molecule has 4 rings (SSSR count). The number of halogens is 1. The zero-order valence-electron chi connectivity index (χ0n) is 18.5. The average molecular weight is 441 g/mol. The second kappa shape index (κ2) is 9.18. The summed E-state index contributed by atoms with van der Waals surface area (Å²) in [5.74, 6) is 0.334. The molecule has 2 fully saturated rings. The van der Waals surface area contributed by atoms with Crippen molar-refractivity contribution in [2.24, 2.45) is 11.3 Å². The standard InChI is InChI=1S/C25H29FN2O4/c1-31-19-5-3-4-17(14-19)8-11-27-23(29)20-16-25(20)9-12-28(13-10-25)24(30)18-6-7-22(32-2)21(26)15-18/h3-7,14-15,20H,8-13,16H2,1-2H3,(H,27,29)/t20-/m1/s1. The fourth-order valence-electron chi connectivity index (χ4n) is 4.69. The van der Waals surface area contributed by atoms with Crippen LogP contribution in [0.4, 0.5) is 4.39 Å². The number of carbonyl (C=O) groups is 2. The minimum atomic E-state index is -0.542. The van der Waals surface area contributed by atoms with Crippen LogP contribution in [0.15, 0.2) is 42.5 Å². The Morgan fingerprint density at radius 2 is 1.91 bits per heavy atom. The minimum Gasteiger partial charge on any atom is -0.497 e. The van der Waals surface area contributed by atoms with Gasteiger partial charge in [-0.25, -0.2) is 4.39 Å². The van der Waals surface area contributed by atoms with Crippen LogP contribution in [0.2, 0.25) is 0 Å². The van der Waals surface area contributed by atoms with E-state index in [4.69, 9.17) is 9.47 Å². The van der Waals surface area contributed by atoms with Gasteiger partial charge in [-0.3, -0.25) is 9.59 Å². The van der Waals surface area contributed by atoms with Crippen LogP contribution in [-0.4, -0.2) is 50.6 Å². The molecule has 1 atom stereocenters. The van der Waals surface area contributed by atoms with Crippen molar-refractivity contribution in [3.05, 3.63) is 59.4 Å². The van der Waals surface area contributed by atoms with Crippen LogP contribution in [0, 0.1) is 17.2 Å². The molecule has 1 N–H and O–H groups in total. The van der Waals surface area contributed by atoms with Crippen molar-refractivity contribution in [3.63, 3.8) is 0 Å². The van der Waals surface area contributed by atoms with Crippen LogP contribution in [-0.2, 0) is 11.2 Å². The molecule has 2 aromatic carbocycles. The highest BCUT2D eigenvalue weighted by Gasteiger charge is 2.58. The van der Waals surface area contributed by atoms with Gasteiger partial charge in [0, 0.05) is 31.1 Å². The first kappa shape index (κ1) is 22.1. The SMILES string of the molecule is COc1cccc(CCNC(=O)[C@H]2CC23CCN(C(=O)c2ccc(OC)c(F)c2)CC3)c1. The van der Waals surface area contributed by atoms with Gasteiger partial charge in [-0.1, -0.05) is 12.1 Å². The van der Waals surface area contributed by atoms with Gasteiger partial charge in [0.15, 0.2) is 11.6 Å². The molecule has 1 heterocycles. The van der Waals surface area contributed by atoms with E-state index in [0.29, 0.717) is 25.2 Å². The number of methoxy groups -OCH3 is 2. The van der Waals surface area contributed by atoms with Crippen molar-refractivity contribution < 1.29 is 23.5 Å². The van der Waals surface area contributed by atoms with Crippen molar-refractivity contribution >= 4 is 11.8 Å². The Labute approximate surface area is 187 Å². The quantitative estimate of drug-likeness (QED) is 0.716. The number of benzene rings is 2. The van der Waals surface area contributed by atoms with Gasteiger partial charge in [0.2, 0.25) is 5.91 Å². The van der Waals surface area contributed by atoms with E-state index in [9.17, 15) is 14.0 Å². The van der Waals surface area contributed by atoms with Gasteiger partial charge in [-0.2, -0.15) is 0 Å². The van der Waals surface area contributed by atoms with Crippen molar-refractivity contribution in [3.8, 4) is 11.5 Å². The number of carbonyl (C=O) groups excluding carboxylic acids is 2. The van der Waals surface area contributed by atoms with Gasteiger partial charge < -0.3 is 19.7 Å². The van der Waals surface area contributed by atoms with E-state index in [1.165, 1.54) is 19.2 Å². The topological polar surface area (TPSA) is 67.9 Å². The summed E-state index contributed by atoms with van der Waals surface area (Å²) in [4.78, 5) is 27.2. The first-order chi connectivity index (χ1) is 15.5. The van der Waals surface area contributed by atoms with Crippen LogP contribution in [0.3, 0.4) is 0 Å². The highest BCUT2D eigenvalue weighted by molar-refractivity contribution is 5.94. The molecule has 1 saturated carbocycles. The van der Waals surface area contributed by atoms with Gasteiger partial charge >= 0.3 is 0 Å². The zero-order chi connectivity index (χ0) is 22.7. The Morgan fingerprint density at radius 1 is 1.12 bits per heavy atom. The average Bonchev–Trinajstić information content (AvgIpc) is 3.52. The fraction of sp³-hybridized carbons (Fsp3) is 0.440. The van der Waals surface area contributed by atoms with Crippen LogP contribution in [0.1, 0.15) is 35.2 Å². The Bertz CT molecular complexity index is 1000. The number of hydrogen-bond donors (Lipinski definition) is 1. The third kappa shape index (κ3) is 4.56. The van der Waals surface area contributed by atoms with E-state index in [0.717, 1.165) is 37.0 Å². The molecule has 1 saturated heterocycles. The Morgan fingerprint density at radius 3 is 2.59 bits per heavy atom. The van der Waals surface area contributed by atoms with E-state index in [-0.39, 0.29) is 28.9 Å². The van der Waals surface area contributed by atoms with E-state index in [1.807, 2.05) is 24.3 Å². The summed E-state index contributed by atoms with van der Waals surface area (Å²) in [6.45, 7) is 1.76. The van der Waals surface area contributed by atoms with Crippen molar-refractivity contribution in [2.45, 2.75) is 25.7 Å². The second-order valence-electron chi connectivity index (χ2n) is 8.65. The highest BCUT2D eigenvalue weighted by Crippen LogP contribution is 2.59. The molecule has 2 aliphatic rings.